The molecule has 2 atom stereocenters. The Morgan fingerprint density at radius 2 is 1.73 bits per heavy atom. The monoisotopic (exact) mass is 440 g/mol. The number of thioether (sulfide) groups is 1. The third-order valence-electron chi connectivity index (χ3n) is 3.98. The van der Waals surface area contributed by atoms with Crippen LogP contribution in [0, 0.1) is 5.92 Å². The molecule has 2 N–H and O–H groups in total. The first-order valence-electron chi connectivity index (χ1n) is 10.4. The van der Waals surface area contributed by atoms with Crippen LogP contribution < -0.4 is 15.4 Å². The van der Waals surface area contributed by atoms with Crippen LogP contribution in [0.4, 0.5) is 4.79 Å². The van der Waals surface area contributed by atoms with Crippen molar-refractivity contribution in [2.45, 2.75) is 72.6 Å². The minimum atomic E-state index is -0.673. The van der Waals surface area contributed by atoms with Gasteiger partial charge in [-0.25, -0.2) is 4.79 Å². The van der Waals surface area contributed by atoms with Gasteiger partial charge in [0.1, 0.15) is 17.4 Å². The average Bonchev–Trinajstić information content (AvgIpc) is 2.65. The van der Waals surface area contributed by atoms with Gasteiger partial charge in [-0.2, -0.15) is 11.8 Å². The fraction of sp³-hybridized carbons (Fsp3) is 0.652. The summed E-state index contributed by atoms with van der Waals surface area (Å²) in [6, 6.07) is 6.71. The van der Waals surface area contributed by atoms with Gasteiger partial charge in [-0.15, -0.1) is 0 Å². The lowest BCUT2D eigenvalue weighted by molar-refractivity contribution is -0.122. The molecule has 1 rings (SSSR count). The number of alkyl carbamates (subject to hydrolysis) is 1. The van der Waals surface area contributed by atoms with Crippen molar-refractivity contribution in [1.29, 1.82) is 0 Å². The van der Waals surface area contributed by atoms with Crippen LogP contribution in [0.25, 0.3) is 0 Å². The van der Waals surface area contributed by atoms with Crippen LogP contribution in [-0.4, -0.2) is 42.8 Å². The Morgan fingerprint density at radius 1 is 1.13 bits per heavy atom. The second kappa shape index (κ2) is 15.0. The zero-order chi connectivity index (χ0) is 23.2. The van der Waals surface area contributed by atoms with Crippen molar-refractivity contribution in [3.63, 3.8) is 0 Å². The second-order valence-corrected chi connectivity index (χ2v) is 9.19. The summed E-state index contributed by atoms with van der Waals surface area (Å²) in [7, 11) is 1.60. The third-order valence-corrected chi connectivity index (χ3v) is 4.89. The van der Waals surface area contributed by atoms with Gasteiger partial charge in [-0.05, 0) is 63.3 Å². The highest BCUT2D eigenvalue weighted by Gasteiger charge is 2.20. The first-order valence-corrected chi connectivity index (χ1v) is 11.8. The number of ether oxygens (including phenoxy) is 2. The molecule has 30 heavy (non-hydrogen) atoms. The summed E-state index contributed by atoms with van der Waals surface area (Å²) in [4.78, 5) is 23.5. The van der Waals surface area contributed by atoms with Gasteiger partial charge in [-0.3, -0.25) is 4.79 Å². The minimum absolute atomic E-state index is 0.276. The first-order chi connectivity index (χ1) is 14.0. The number of nitrogens with one attached hydrogen (secondary N) is 2. The van der Waals surface area contributed by atoms with Gasteiger partial charge in [0.25, 0.3) is 0 Å². The van der Waals surface area contributed by atoms with Crippen molar-refractivity contribution in [1.82, 2.24) is 10.6 Å². The molecule has 0 aliphatic carbocycles. The van der Waals surface area contributed by atoms with Gasteiger partial charge in [0.15, 0.2) is 0 Å². The van der Waals surface area contributed by atoms with Crippen LogP contribution in [0.3, 0.4) is 0 Å². The molecule has 0 radical (unpaired) electrons. The lowest BCUT2D eigenvalue weighted by atomic mass is 10.1. The van der Waals surface area contributed by atoms with Gasteiger partial charge in [0.2, 0.25) is 5.91 Å². The highest BCUT2D eigenvalue weighted by atomic mass is 32.2. The van der Waals surface area contributed by atoms with Crippen molar-refractivity contribution in [2.24, 2.45) is 5.92 Å². The van der Waals surface area contributed by atoms with E-state index in [2.05, 4.69) is 30.7 Å². The molecule has 1 aromatic rings. The Bertz CT molecular complexity index is 609. The zero-order valence-corrected chi connectivity index (χ0v) is 20.7. The standard InChI is InChI=1S/C16H24N2O4.C7H16S/c1-11(18-15(20)22-16(2,3)4)14(19)17-10-12-6-8-13(21-5)9-7-12;1-4-5-7(2)6-8-3/h6-9,11H,10H2,1-5H3,(H,17,19)(H,18,20);7H,4-6H2,1-3H3. The Labute approximate surface area is 186 Å². The molecule has 0 fully saturated rings. The number of hydrogen-bond donors (Lipinski definition) is 2. The smallest absolute Gasteiger partial charge is 0.408 e. The number of rotatable bonds is 9. The molecule has 2 unspecified atom stereocenters. The summed E-state index contributed by atoms with van der Waals surface area (Å²) < 4.78 is 10.2. The average molecular weight is 441 g/mol. The van der Waals surface area contributed by atoms with E-state index in [0.29, 0.717) is 6.54 Å². The van der Waals surface area contributed by atoms with Gasteiger partial charge in [0.05, 0.1) is 7.11 Å². The van der Waals surface area contributed by atoms with Crippen molar-refractivity contribution < 1.29 is 19.1 Å². The van der Waals surface area contributed by atoms with E-state index in [1.54, 1.807) is 34.8 Å². The molecule has 6 nitrogen and oxygen atoms in total. The number of benzene rings is 1. The Kier molecular flexibility index (Phi) is 14.0. The van der Waals surface area contributed by atoms with Crippen LogP contribution in [0.2, 0.25) is 0 Å². The lowest BCUT2D eigenvalue weighted by Crippen LogP contribution is -2.46. The van der Waals surface area contributed by atoms with E-state index in [4.69, 9.17) is 9.47 Å². The second-order valence-electron chi connectivity index (χ2n) is 8.28. The van der Waals surface area contributed by atoms with Crippen molar-refractivity contribution >= 4 is 23.8 Å². The van der Waals surface area contributed by atoms with Crippen LogP contribution in [-0.2, 0) is 16.1 Å². The molecule has 0 bridgehead atoms. The highest BCUT2D eigenvalue weighted by molar-refractivity contribution is 7.98. The molecule has 0 heterocycles. The first kappa shape index (κ1) is 28.1. The molecule has 0 aliphatic heterocycles. The largest absolute Gasteiger partial charge is 0.497 e. The molecular weight excluding hydrogens is 400 g/mol. The predicted molar refractivity (Wildman–Crippen MR) is 126 cm³/mol. The number of methoxy groups -OCH3 is 1. The SMILES string of the molecule is CCCC(C)CSC.COc1ccc(CNC(=O)C(C)NC(=O)OC(C)(C)C)cc1. The quantitative estimate of drug-likeness (QED) is 0.564. The molecule has 0 aromatic heterocycles. The summed E-state index contributed by atoms with van der Waals surface area (Å²) in [5.41, 5.74) is 0.349. The molecule has 0 saturated carbocycles. The van der Waals surface area contributed by atoms with Crippen LogP contribution in [0.1, 0.15) is 59.9 Å². The summed E-state index contributed by atoms with van der Waals surface area (Å²) in [6.07, 6.45) is 4.29. The zero-order valence-electron chi connectivity index (χ0n) is 19.8. The number of carbonyl (C=O) groups is 2. The summed E-state index contributed by atoms with van der Waals surface area (Å²) >= 11 is 1.95. The van der Waals surface area contributed by atoms with Gasteiger partial charge < -0.3 is 20.1 Å². The van der Waals surface area contributed by atoms with E-state index in [1.165, 1.54) is 18.6 Å². The molecule has 0 aliphatic rings. The molecule has 172 valence electrons. The van der Waals surface area contributed by atoms with E-state index < -0.39 is 17.7 Å². The fourth-order valence-corrected chi connectivity index (χ4v) is 3.23. The van der Waals surface area contributed by atoms with E-state index in [9.17, 15) is 9.59 Å². The normalized spacial score (nSPS) is 12.7. The fourth-order valence-electron chi connectivity index (χ4n) is 2.50. The van der Waals surface area contributed by atoms with Gasteiger partial charge >= 0.3 is 6.09 Å². The molecule has 2 amide bonds. The number of hydrogen-bond acceptors (Lipinski definition) is 5. The third kappa shape index (κ3) is 14.1. The van der Waals surface area contributed by atoms with Crippen LogP contribution in [0.5, 0.6) is 5.75 Å². The topological polar surface area (TPSA) is 76.7 Å². The maximum atomic E-state index is 11.9. The molecule has 1 aromatic carbocycles. The number of amides is 2. The van der Waals surface area contributed by atoms with Gasteiger partial charge in [-0.1, -0.05) is 38.8 Å². The van der Waals surface area contributed by atoms with E-state index in [0.717, 1.165) is 17.2 Å². The molecular formula is C23H40N2O4S. The molecule has 0 saturated heterocycles. The Hall–Kier alpha value is -1.89. The van der Waals surface area contributed by atoms with Crippen molar-refractivity contribution in [2.75, 3.05) is 19.1 Å². The maximum absolute atomic E-state index is 11.9. The van der Waals surface area contributed by atoms with Gasteiger partial charge in [0, 0.05) is 6.54 Å². The van der Waals surface area contributed by atoms with E-state index in [-0.39, 0.29) is 5.91 Å². The summed E-state index contributed by atoms with van der Waals surface area (Å²) in [5, 5.41) is 5.25. The Balaban J connectivity index is 0.000000890. The maximum Gasteiger partial charge on any atom is 0.408 e. The van der Waals surface area contributed by atoms with Crippen molar-refractivity contribution in [3.05, 3.63) is 29.8 Å². The van der Waals surface area contributed by atoms with E-state index in [1.807, 2.05) is 36.0 Å². The number of carbonyl (C=O) groups excluding carboxylic acids is 2. The minimum Gasteiger partial charge on any atom is -0.497 e. The molecule has 7 heteroatoms. The van der Waals surface area contributed by atoms with Crippen LogP contribution in [0.15, 0.2) is 24.3 Å². The predicted octanol–water partition coefficient (Wildman–Crippen LogP) is 5.01. The molecule has 0 spiro atoms. The Morgan fingerprint density at radius 3 is 2.20 bits per heavy atom. The van der Waals surface area contributed by atoms with Crippen LogP contribution >= 0.6 is 11.8 Å². The summed E-state index contributed by atoms with van der Waals surface area (Å²) in [6.45, 7) is 11.8. The van der Waals surface area contributed by atoms with E-state index >= 15 is 0 Å². The highest BCUT2D eigenvalue weighted by Crippen LogP contribution is 2.11. The van der Waals surface area contributed by atoms with Crippen molar-refractivity contribution in [3.8, 4) is 5.75 Å². The lowest BCUT2D eigenvalue weighted by Gasteiger charge is -2.21. The summed E-state index contributed by atoms with van der Waals surface area (Å²) in [5.74, 6) is 2.74.